The van der Waals surface area contributed by atoms with Crippen molar-refractivity contribution in [1.82, 2.24) is 10.6 Å². The van der Waals surface area contributed by atoms with Crippen molar-refractivity contribution in [3.05, 3.63) is 0 Å². The number of hydrogen-bond donors (Lipinski definition) is 2. The van der Waals surface area contributed by atoms with Crippen LogP contribution in [-0.4, -0.2) is 50.5 Å². The Kier molecular flexibility index (Phi) is 4.36. The number of rotatable bonds is 3. The normalized spacial score (nSPS) is 38.0. The molecule has 4 atom stereocenters. The molecule has 0 bridgehead atoms. The Hall–Kier alpha value is -0.650. The number of methoxy groups -OCH3 is 1. The van der Waals surface area contributed by atoms with Gasteiger partial charge in [0, 0.05) is 26.3 Å². The third-order valence-corrected chi connectivity index (χ3v) is 3.57. The Morgan fingerprint density at radius 2 is 2.29 bits per heavy atom. The molecule has 0 aromatic carbocycles. The SMILES string of the molecule is COC1CNC(C(=O)NC2CCOC(C)C2)C1. The fourth-order valence-corrected chi connectivity index (χ4v) is 2.51. The maximum atomic E-state index is 12.0. The van der Waals surface area contributed by atoms with Gasteiger partial charge in [-0.25, -0.2) is 0 Å². The first kappa shape index (κ1) is 12.8. The van der Waals surface area contributed by atoms with Crippen molar-refractivity contribution in [3.63, 3.8) is 0 Å². The number of hydrogen-bond acceptors (Lipinski definition) is 4. The van der Waals surface area contributed by atoms with Crippen molar-refractivity contribution in [2.24, 2.45) is 0 Å². The fraction of sp³-hybridized carbons (Fsp3) is 0.917. The van der Waals surface area contributed by atoms with E-state index in [0.29, 0.717) is 0 Å². The van der Waals surface area contributed by atoms with Crippen molar-refractivity contribution in [1.29, 1.82) is 0 Å². The molecule has 0 saturated carbocycles. The van der Waals surface area contributed by atoms with Crippen molar-refractivity contribution in [2.75, 3.05) is 20.3 Å². The van der Waals surface area contributed by atoms with E-state index in [-0.39, 0.29) is 30.2 Å². The van der Waals surface area contributed by atoms with Crippen LogP contribution in [0.2, 0.25) is 0 Å². The molecular weight excluding hydrogens is 220 g/mol. The second-order valence-electron chi connectivity index (χ2n) is 4.97. The number of ether oxygens (including phenoxy) is 2. The average Bonchev–Trinajstić information content (AvgIpc) is 2.77. The molecule has 2 saturated heterocycles. The lowest BCUT2D eigenvalue weighted by molar-refractivity contribution is -0.124. The highest BCUT2D eigenvalue weighted by molar-refractivity contribution is 5.82. The lowest BCUT2D eigenvalue weighted by atomic mass is 10.0. The van der Waals surface area contributed by atoms with Gasteiger partial charge >= 0.3 is 0 Å². The lowest BCUT2D eigenvalue weighted by Crippen LogP contribution is -2.48. The summed E-state index contributed by atoms with van der Waals surface area (Å²) in [6.45, 7) is 3.55. The third-order valence-electron chi connectivity index (χ3n) is 3.57. The Balaban J connectivity index is 1.77. The maximum Gasteiger partial charge on any atom is 0.237 e. The molecule has 2 aliphatic rings. The van der Waals surface area contributed by atoms with Gasteiger partial charge in [0.15, 0.2) is 0 Å². The van der Waals surface area contributed by atoms with Crippen LogP contribution in [0.4, 0.5) is 0 Å². The molecule has 2 heterocycles. The second kappa shape index (κ2) is 5.80. The van der Waals surface area contributed by atoms with E-state index in [4.69, 9.17) is 9.47 Å². The third kappa shape index (κ3) is 3.40. The van der Waals surface area contributed by atoms with Crippen LogP contribution in [0.25, 0.3) is 0 Å². The van der Waals surface area contributed by atoms with E-state index in [2.05, 4.69) is 10.6 Å². The summed E-state index contributed by atoms with van der Waals surface area (Å²) in [5, 5.41) is 6.29. The quantitative estimate of drug-likeness (QED) is 0.734. The van der Waals surface area contributed by atoms with Crippen LogP contribution in [0.1, 0.15) is 26.2 Å². The smallest absolute Gasteiger partial charge is 0.237 e. The Labute approximate surface area is 102 Å². The molecular formula is C12H22N2O3. The molecule has 98 valence electrons. The highest BCUT2D eigenvalue weighted by Crippen LogP contribution is 2.15. The van der Waals surface area contributed by atoms with Gasteiger partial charge in [-0.05, 0) is 26.2 Å². The fourth-order valence-electron chi connectivity index (χ4n) is 2.51. The van der Waals surface area contributed by atoms with Crippen LogP contribution < -0.4 is 10.6 Å². The second-order valence-corrected chi connectivity index (χ2v) is 4.97. The first-order valence-electron chi connectivity index (χ1n) is 6.37. The zero-order valence-electron chi connectivity index (χ0n) is 10.6. The molecule has 5 nitrogen and oxygen atoms in total. The summed E-state index contributed by atoms with van der Waals surface area (Å²) >= 11 is 0. The van der Waals surface area contributed by atoms with E-state index in [1.54, 1.807) is 7.11 Å². The van der Waals surface area contributed by atoms with Crippen LogP contribution in [0.3, 0.4) is 0 Å². The van der Waals surface area contributed by atoms with Crippen molar-refractivity contribution in [2.45, 2.75) is 50.5 Å². The van der Waals surface area contributed by atoms with Crippen molar-refractivity contribution in [3.8, 4) is 0 Å². The van der Waals surface area contributed by atoms with Gasteiger partial charge in [0.1, 0.15) is 0 Å². The molecule has 0 aromatic rings. The van der Waals surface area contributed by atoms with E-state index in [1.807, 2.05) is 6.92 Å². The van der Waals surface area contributed by atoms with E-state index in [9.17, 15) is 4.79 Å². The zero-order valence-corrected chi connectivity index (χ0v) is 10.6. The molecule has 2 fully saturated rings. The van der Waals surface area contributed by atoms with E-state index < -0.39 is 0 Å². The Morgan fingerprint density at radius 3 is 2.94 bits per heavy atom. The summed E-state index contributed by atoms with van der Waals surface area (Å²) in [6.07, 6.45) is 3.00. The first-order valence-corrected chi connectivity index (χ1v) is 6.37. The molecule has 2 rings (SSSR count). The zero-order chi connectivity index (χ0) is 12.3. The average molecular weight is 242 g/mol. The van der Waals surface area contributed by atoms with Gasteiger partial charge in [0.05, 0.1) is 18.2 Å². The summed E-state index contributed by atoms with van der Waals surface area (Å²) in [7, 11) is 1.69. The summed E-state index contributed by atoms with van der Waals surface area (Å²) < 4.78 is 10.7. The highest BCUT2D eigenvalue weighted by Gasteiger charge is 2.31. The number of amides is 1. The predicted molar refractivity (Wildman–Crippen MR) is 63.8 cm³/mol. The van der Waals surface area contributed by atoms with E-state index in [1.165, 1.54) is 0 Å². The summed E-state index contributed by atoms with van der Waals surface area (Å²) in [5.74, 6) is 0.101. The highest BCUT2D eigenvalue weighted by atomic mass is 16.5. The lowest BCUT2D eigenvalue weighted by Gasteiger charge is -2.28. The number of carbonyl (C=O) groups excluding carboxylic acids is 1. The molecule has 0 radical (unpaired) electrons. The molecule has 4 unspecified atom stereocenters. The van der Waals surface area contributed by atoms with E-state index >= 15 is 0 Å². The van der Waals surface area contributed by atoms with Crippen LogP contribution >= 0.6 is 0 Å². The summed E-state index contributed by atoms with van der Waals surface area (Å²) in [5.41, 5.74) is 0. The molecule has 2 aliphatic heterocycles. The Morgan fingerprint density at radius 1 is 1.47 bits per heavy atom. The largest absolute Gasteiger partial charge is 0.380 e. The maximum absolute atomic E-state index is 12.0. The van der Waals surface area contributed by atoms with E-state index in [0.717, 1.165) is 32.4 Å². The van der Waals surface area contributed by atoms with Crippen LogP contribution in [0.15, 0.2) is 0 Å². The van der Waals surface area contributed by atoms with Gasteiger partial charge in [-0.3, -0.25) is 4.79 Å². The van der Waals surface area contributed by atoms with Gasteiger partial charge in [-0.15, -0.1) is 0 Å². The van der Waals surface area contributed by atoms with Gasteiger partial charge in [-0.2, -0.15) is 0 Å². The minimum absolute atomic E-state index is 0.0990. The molecule has 0 aromatic heterocycles. The van der Waals surface area contributed by atoms with Gasteiger partial charge in [0.25, 0.3) is 0 Å². The summed E-state index contributed by atoms with van der Waals surface area (Å²) in [4.78, 5) is 12.0. The van der Waals surface area contributed by atoms with Gasteiger partial charge < -0.3 is 20.1 Å². The number of carbonyl (C=O) groups is 1. The van der Waals surface area contributed by atoms with Crippen molar-refractivity contribution < 1.29 is 14.3 Å². The number of nitrogens with one attached hydrogen (secondary N) is 2. The minimum Gasteiger partial charge on any atom is -0.380 e. The van der Waals surface area contributed by atoms with Crippen LogP contribution in [0.5, 0.6) is 0 Å². The molecule has 5 heteroatoms. The topological polar surface area (TPSA) is 59.6 Å². The van der Waals surface area contributed by atoms with Gasteiger partial charge in [0.2, 0.25) is 5.91 Å². The molecule has 2 N–H and O–H groups in total. The first-order chi connectivity index (χ1) is 8.19. The molecule has 1 amide bonds. The molecule has 17 heavy (non-hydrogen) atoms. The predicted octanol–water partition coefficient (Wildman–Crippen LogP) is 0.0470. The minimum atomic E-state index is -0.0990. The molecule has 0 aliphatic carbocycles. The van der Waals surface area contributed by atoms with Crippen LogP contribution in [0, 0.1) is 0 Å². The van der Waals surface area contributed by atoms with Gasteiger partial charge in [-0.1, -0.05) is 0 Å². The summed E-state index contributed by atoms with van der Waals surface area (Å²) in [6, 6.07) is 0.160. The van der Waals surface area contributed by atoms with Crippen LogP contribution in [-0.2, 0) is 14.3 Å². The standard InChI is InChI=1S/C12H22N2O3/c1-8-5-9(3-4-17-8)14-12(15)11-6-10(16-2)7-13-11/h8-11,13H,3-7H2,1-2H3,(H,14,15). The monoisotopic (exact) mass is 242 g/mol. The van der Waals surface area contributed by atoms with Crippen molar-refractivity contribution >= 4 is 5.91 Å². The molecule has 0 spiro atoms. The Bertz CT molecular complexity index is 272.